The van der Waals surface area contributed by atoms with Crippen molar-refractivity contribution in [2.24, 2.45) is 4.52 Å². The minimum Gasteiger partial charge on any atom is -0.204 e. The molecule has 0 heterocycles. The predicted octanol–water partition coefficient (Wildman–Crippen LogP) is 3.94. The Kier molecular flexibility index (Phi) is 6.01. The van der Waals surface area contributed by atoms with Crippen molar-refractivity contribution in [2.45, 2.75) is 13.0 Å². The van der Waals surface area contributed by atoms with E-state index in [1.165, 1.54) is 0 Å². The van der Waals surface area contributed by atoms with Gasteiger partial charge in [0.15, 0.2) is 0 Å². The average molecular weight is 351 g/mol. The lowest BCUT2D eigenvalue weighted by Gasteiger charge is -2.19. The Hall–Kier alpha value is -2.05. The Labute approximate surface area is 140 Å². The van der Waals surface area contributed by atoms with Gasteiger partial charge < -0.3 is 0 Å². The van der Waals surface area contributed by atoms with Crippen LogP contribution in [0.2, 0.25) is 5.02 Å². The topological polar surface area (TPSA) is 86.1 Å². The van der Waals surface area contributed by atoms with E-state index in [0.29, 0.717) is 11.4 Å². The number of hydrogen-bond acceptors (Lipinski definition) is 2. The Morgan fingerprint density at radius 2 is 1.70 bits per heavy atom. The zero-order valence-corrected chi connectivity index (χ0v) is 13.8. The minimum atomic E-state index is -4.03. The van der Waals surface area contributed by atoms with E-state index in [-0.39, 0.29) is 13.1 Å². The van der Waals surface area contributed by atoms with Crippen molar-refractivity contribution < 1.29 is 8.42 Å². The predicted molar refractivity (Wildman–Crippen MR) is 90.1 cm³/mol. The Balaban J connectivity index is 2.16. The highest BCUT2D eigenvalue weighted by Crippen LogP contribution is 2.14. The van der Waals surface area contributed by atoms with Crippen molar-refractivity contribution in [3.8, 4) is 0 Å². The highest BCUT2D eigenvalue weighted by molar-refractivity contribution is 7.87. The molecule has 2 aromatic rings. The van der Waals surface area contributed by atoms with E-state index >= 15 is 0 Å². The number of azide groups is 1. The normalized spacial score (nSPS) is 11.2. The van der Waals surface area contributed by atoms with E-state index in [1.807, 2.05) is 42.5 Å². The molecule has 0 radical (unpaired) electrons. The molecule has 0 saturated carbocycles. The third kappa shape index (κ3) is 5.26. The summed E-state index contributed by atoms with van der Waals surface area (Å²) >= 11 is 5.83. The van der Waals surface area contributed by atoms with Gasteiger partial charge in [0.05, 0.1) is 0 Å². The summed E-state index contributed by atoms with van der Waals surface area (Å²) in [6.07, 6.45) is 0.490. The molecule has 2 rings (SSSR count). The zero-order valence-electron chi connectivity index (χ0n) is 12.2. The number of hydrogen-bond donors (Lipinski definition) is 0. The maximum Gasteiger partial charge on any atom is 0.302 e. The molecule has 0 unspecified atom stereocenters. The smallest absolute Gasteiger partial charge is 0.204 e. The summed E-state index contributed by atoms with van der Waals surface area (Å²) in [6, 6.07) is 16.3. The molecule has 6 nitrogen and oxygen atoms in total. The second-order valence-electron chi connectivity index (χ2n) is 4.84. The maximum atomic E-state index is 12.1. The van der Waals surface area contributed by atoms with Crippen molar-refractivity contribution in [3.05, 3.63) is 81.2 Å². The fraction of sp³-hybridized carbons (Fsp3) is 0.200. The van der Waals surface area contributed by atoms with E-state index < -0.39 is 10.2 Å². The quantitative estimate of drug-likeness (QED) is 0.430. The third-order valence-corrected chi connectivity index (χ3v) is 4.73. The van der Waals surface area contributed by atoms with Crippen LogP contribution in [0.15, 0.2) is 59.1 Å². The molecule has 0 bridgehead atoms. The lowest BCUT2D eigenvalue weighted by molar-refractivity contribution is 0.410. The van der Waals surface area contributed by atoms with E-state index in [2.05, 4.69) is 9.43 Å². The molecule has 0 aliphatic carbocycles. The van der Waals surface area contributed by atoms with Crippen molar-refractivity contribution >= 4 is 21.8 Å². The van der Waals surface area contributed by atoms with E-state index in [4.69, 9.17) is 17.1 Å². The highest BCUT2D eigenvalue weighted by atomic mass is 35.5. The van der Waals surface area contributed by atoms with Crippen molar-refractivity contribution in [1.82, 2.24) is 4.31 Å². The van der Waals surface area contributed by atoms with Gasteiger partial charge in [-0.15, -0.1) is 0 Å². The highest BCUT2D eigenvalue weighted by Gasteiger charge is 2.20. The van der Waals surface area contributed by atoms with Crippen LogP contribution < -0.4 is 0 Å². The van der Waals surface area contributed by atoms with E-state index in [1.54, 1.807) is 12.1 Å². The molecule has 0 aromatic heterocycles. The van der Waals surface area contributed by atoms with Gasteiger partial charge in [-0.25, -0.2) is 8.42 Å². The molecule has 0 atom stereocenters. The summed E-state index contributed by atoms with van der Waals surface area (Å²) in [7, 11) is -4.03. The SMILES string of the molecule is [N-]=[N+]=NS(=O)(=O)N(CCc1ccc(Cl)cc1)Cc1ccccc1. The van der Waals surface area contributed by atoms with Gasteiger partial charge in [-0.2, -0.15) is 4.31 Å². The van der Waals surface area contributed by atoms with E-state index in [9.17, 15) is 8.42 Å². The van der Waals surface area contributed by atoms with Crippen LogP contribution in [0.25, 0.3) is 10.4 Å². The lowest BCUT2D eigenvalue weighted by atomic mass is 10.1. The monoisotopic (exact) mass is 350 g/mol. The number of benzene rings is 2. The fourth-order valence-corrected chi connectivity index (χ4v) is 3.02. The van der Waals surface area contributed by atoms with Crippen molar-refractivity contribution in [2.75, 3.05) is 6.54 Å². The van der Waals surface area contributed by atoms with Crippen LogP contribution in [0, 0.1) is 0 Å². The summed E-state index contributed by atoms with van der Waals surface area (Å²) in [5.41, 5.74) is 10.2. The first kappa shape index (κ1) is 17.3. The third-order valence-electron chi connectivity index (χ3n) is 3.23. The van der Waals surface area contributed by atoms with E-state index in [0.717, 1.165) is 15.4 Å². The Morgan fingerprint density at radius 1 is 1.04 bits per heavy atom. The van der Waals surface area contributed by atoms with Crippen LogP contribution in [0.3, 0.4) is 0 Å². The summed E-state index contributed by atoms with van der Waals surface area (Å²) < 4.78 is 28.3. The van der Waals surface area contributed by atoms with Crippen molar-refractivity contribution in [3.63, 3.8) is 0 Å². The second kappa shape index (κ2) is 7.99. The zero-order chi connectivity index (χ0) is 16.7. The first-order valence-corrected chi connectivity index (χ1v) is 8.63. The van der Waals surface area contributed by atoms with Gasteiger partial charge >= 0.3 is 10.2 Å². The van der Waals surface area contributed by atoms with Gasteiger partial charge in [0, 0.05) is 27.5 Å². The van der Waals surface area contributed by atoms with Crippen LogP contribution in [-0.4, -0.2) is 19.3 Å². The van der Waals surface area contributed by atoms with Crippen LogP contribution >= 0.6 is 11.6 Å². The summed E-state index contributed by atoms with van der Waals surface area (Å²) in [5, 5.41) is 0.622. The fourth-order valence-electron chi connectivity index (χ4n) is 2.07. The molecule has 120 valence electrons. The lowest BCUT2D eigenvalue weighted by Crippen LogP contribution is -2.30. The van der Waals surface area contributed by atoms with Crippen LogP contribution in [-0.2, 0) is 23.2 Å². The molecule has 0 fully saturated rings. The average Bonchev–Trinajstić information content (AvgIpc) is 2.54. The first-order chi connectivity index (χ1) is 11.0. The molecular formula is C15H15ClN4O2S. The van der Waals surface area contributed by atoms with Crippen LogP contribution in [0.1, 0.15) is 11.1 Å². The van der Waals surface area contributed by atoms with Gasteiger partial charge in [-0.3, -0.25) is 0 Å². The molecule has 2 aromatic carbocycles. The largest absolute Gasteiger partial charge is 0.302 e. The Morgan fingerprint density at radius 3 is 2.30 bits per heavy atom. The van der Waals surface area contributed by atoms with Gasteiger partial charge in [0.2, 0.25) is 0 Å². The molecule has 23 heavy (non-hydrogen) atoms. The van der Waals surface area contributed by atoms with Gasteiger partial charge in [0.25, 0.3) is 0 Å². The van der Waals surface area contributed by atoms with Crippen LogP contribution in [0.4, 0.5) is 0 Å². The standard InChI is InChI=1S/C15H15ClN4O2S/c16-15-8-6-13(7-9-15)10-11-20(23(21,22)19-18-17)12-14-4-2-1-3-5-14/h1-9H,10-12H2. The summed E-state index contributed by atoms with van der Waals surface area (Å²) in [6.45, 7) is 0.355. The van der Waals surface area contributed by atoms with Crippen LogP contribution in [0.5, 0.6) is 0 Å². The molecule has 0 aliphatic rings. The molecule has 0 N–H and O–H groups in total. The second-order valence-corrected chi connectivity index (χ2v) is 6.86. The van der Waals surface area contributed by atoms with Crippen molar-refractivity contribution in [1.29, 1.82) is 0 Å². The molecular weight excluding hydrogens is 336 g/mol. The number of nitrogens with zero attached hydrogens (tertiary/aromatic N) is 4. The number of rotatable bonds is 7. The van der Waals surface area contributed by atoms with Gasteiger partial charge in [-0.05, 0) is 35.2 Å². The Bertz CT molecular complexity index is 788. The van der Waals surface area contributed by atoms with Gasteiger partial charge in [-0.1, -0.05) is 54.1 Å². The molecule has 0 saturated heterocycles. The molecule has 8 heteroatoms. The first-order valence-electron chi connectivity index (χ1n) is 6.86. The van der Waals surface area contributed by atoms with Gasteiger partial charge in [0.1, 0.15) is 0 Å². The molecule has 0 spiro atoms. The summed E-state index contributed by atoms with van der Waals surface area (Å²) in [4.78, 5) is 2.41. The maximum absolute atomic E-state index is 12.1. The summed E-state index contributed by atoms with van der Waals surface area (Å²) in [5.74, 6) is 0. The molecule has 0 aliphatic heterocycles. The molecule has 0 amide bonds. The minimum absolute atomic E-state index is 0.149. The number of halogens is 1.